The van der Waals surface area contributed by atoms with E-state index in [0.29, 0.717) is 0 Å². The van der Waals surface area contributed by atoms with Gasteiger partial charge < -0.3 is 0 Å². The number of rotatable bonds is 1. The highest BCUT2D eigenvalue weighted by Gasteiger charge is 1.97. The van der Waals surface area contributed by atoms with E-state index in [0.717, 1.165) is 17.0 Å². The summed E-state index contributed by atoms with van der Waals surface area (Å²) < 4.78 is 0. The Balaban J connectivity index is 2.48. The fourth-order valence-corrected chi connectivity index (χ4v) is 1.14. The second-order valence-electron chi connectivity index (χ2n) is 2.82. The Bertz CT molecular complexity index is 396. The lowest BCUT2D eigenvalue weighted by molar-refractivity contribution is 1.19. The average Bonchev–Trinajstić information content (AvgIpc) is 2.19. The number of pyridine rings is 2. The summed E-state index contributed by atoms with van der Waals surface area (Å²) >= 11 is 0. The van der Waals surface area contributed by atoms with E-state index in [2.05, 4.69) is 16.0 Å². The molecule has 0 amide bonds. The minimum absolute atomic E-state index is 0.855. The van der Waals surface area contributed by atoms with E-state index >= 15 is 0 Å². The summed E-state index contributed by atoms with van der Waals surface area (Å²) in [5, 5.41) is 0. The smallest absolute Gasteiger partial charge is 0.0799 e. The first-order valence-electron chi connectivity index (χ1n) is 4.12. The first-order chi connectivity index (χ1) is 6.36. The molecule has 0 bridgehead atoms. The third-order valence-electron chi connectivity index (χ3n) is 1.77. The molecule has 0 saturated heterocycles. The Morgan fingerprint density at radius 1 is 1.31 bits per heavy atom. The Kier molecular flexibility index (Phi) is 2.04. The maximum atomic E-state index is 4.35. The zero-order valence-electron chi connectivity index (χ0n) is 7.36. The van der Waals surface area contributed by atoms with E-state index in [1.165, 1.54) is 0 Å². The second-order valence-corrected chi connectivity index (χ2v) is 2.82. The van der Waals surface area contributed by atoms with E-state index in [9.17, 15) is 0 Å². The summed E-state index contributed by atoms with van der Waals surface area (Å²) in [6.07, 6.45) is 3.54. The predicted octanol–water partition coefficient (Wildman–Crippen LogP) is 2.25. The van der Waals surface area contributed by atoms with Crippen molar-refractivity contribution in [3.8, 4) is 11.3 Å². The standard InChI is InChI=1S/C11H9N2/c1-9-4-2-6-11(13-9)10-5-3-7-12-8-10/h2-5,7-8H,1H3. The molecular weight excluding hydrogens is 160 g/mol. The Morgan fingerprint density at radius 2 is 2.23 bits per heavy atom. The van der Waals surface area contributed by atoms with Crippen LogP contribution in [0, 0.1) is 13.0 Å². The van der Waals surface area contributed by atoms with Crippen molar-refractivity contribution in [2.75, 3.05) is 0 Å². The van der Waals surface area contributed by atoms with Gasteiger partial charge in [-0.25, -0.2) is 0 Å². The van der Waals surface area contributed by atoms with Crippen molar-refractivity contribution in [2.24, 2.45) is 0 Å². The van der Waals surface area contributed by atoms with Gasteiger partial charge in [0.15, 0.2) is 0 Å². The minimum Gasteiger partial charge on any atom is -0.264 e. The fourth-order valence-electron chi connectivity index (χ4n) is 1.14. The summed E-state index contributed by atoms with van der Waals surface area (Å²) in [4.78, 5) is 8.38. The van der Waals surface area contributed by atoms with Gasteiger partial charge in [-0.1, -0.05) is 6.07 Å². The molecule has 2 rings (SSSR count). The first-order valence-corrected chi connectivity index (χ1v) is 4.12. The highest BCUT2D eigenvalue weighted by atomic mass is 14.7. The number of hydrogen-bond donors (Lipinski definition) is 0. The Morgan fingerprint density at radius 3 is 2.92 bits per heavy atom. The van der Waals surface area contributed by atoms with Crippen LogP contribution in [-0.4, -0.2) is 9.97 Å². The van der Waals surface area contributed by atoms with Crippen LogP contribution < -0.4 is 0 Å². The zero-order chi connectivity index (χ0) is 9.10. The molecule has 0 aliphatic heterocycles. The molecule has 0 unspecified atom stereocenters. The van der Waals surface area contributed by atoms with Crippen LogP contribution in [-0.2, 0) is 0 Å². The van der Waals surface area contributed by atoms with Gasteiger partial charge in [-0.2, -0.15) is 0 Å². The number of aryl methyl sites for hydroxylation is 1. The van der Waals surface area contributed by atoms with Gasteiger partial charge in [0.05, 0.1) is 5.69 Å². The van der Waals surface area contributed by atoms with Crippen LogP contribution in [0.2, 0.25) is 0 Å². The van der Waals surface area contributed by atoms with Gasteiger partial charge in [0.2, 0.25) is 0 Å². The summed E-state index contributed by atoms with van der Waals surface area (Å²) in [6, 6.07) is 10.8. The third-order valence-corrected chi connectivity index (χ3v) is 1.77. The minimum atomic E-state index is 0.855. The van der Waals surface area contributed by atoms with Crippen LogP contribution in [0.15, 0.2) is 36.7 Å². The van der Waals surface area contributed by atoms with E-state index in [4.69, 9.17) is 0 Å². The number of hydrogen-bond acceptors (Lipinski definition) is 2. The van der Waals surface area contributed by atoms with Crippen molar-refractivity contribution >= 4 is 0 Å². The lowest BCUT2D eigenvalue weighted by Gasteiger charge is -1.99. The lowest BCUT2D eigenvalue weighted by Crippen LogP contribution is -1.86. The van der Waals surface area contributed by atoms with Gasteiger partial charge in [0.25, 0.3) is 0 Å². The molecule has 0 fully saturated rings. The van der Waals surface area contributed by atoms with Crippen molar-refractivity contribution in [1.29, 1.82) is 0 Å². The van der Waals surface area contributed by atoms with Crippen LogP contribution in [0.5, 0.6) is 0 Å². The topological polar surface area (TPSA) is 25.8 Å². The fraction of sp³-hybridized carbons (Fsp3) is 0.0909. The maximum absolute atomic E-state index is 4.35. The van der Waals surface area contributed by atoms with Gasteiger partial charge in [-0.05, 0) is 25.1 Å². The summed E-state index contributed by atoms with van der Waals surface area (Å²) in [6.45, 7) is 1.97. The molecular formula is C11H9N2. The van der Waals surface area contributed by atoms with Gasteiger partial charge in [0, 0.05) is 29.7 Å². The monoisotopic (exact) mass is 169 g/mol. The Labute approximate surface area is 77.3 Å². The van der Waals surface area contributed by atoms with Crippen LogP contribution >= 0.6 is 0 Å². The quantitative estimate of drug-likeness (QED) is 0.654. The van der Waals surface area contributed by atoms with Crippen LogP contribution in [0.1, 0.15) is 5.69 Å². The predicted molar refractivity (Wildman–Crippen MR) is 51.0 cm³/mol. The summed E-state index contributed by atoms with van der Waals surface area (Å²) in [5.74, 6) is 0. The highest BCUT2D eigenvalue weighted by Crippen LogP contribution is 2.13. The summed E-state index contributed by atoms with van der Waals surface area (Å²) in [7, 11) is 0. The molecule has 63 valence electrons. The maximum Gasteiger partial charge on any atom is 0.0799 e. The van der Waals surface area contributed by atoms with Crippen molar-refractivity contribution in [2.45, 2.75) is 6.92 Å². The molecule has 2 heterocycles. The molecule has 2 nitrogen and oxygen atoms in total. The van der Waals surface area contributed by atoms with Gasteiger partial charge >= 0.3 is 0 Å². The lowest BCUT2D eigenvalue weighted by atomic mass is 10.2. The second kappa shape index (κ2) is 3.35. The average molecular weight is 169 g/mol. The molecule has 0 aliphatic rings. The molecule has 0 atom stereocenters. The van der Waals surface area contributed by atoms with Crippen LogP contribution in [0.3, 0.4) is 0 Å². The molecule has 0 saturated carbocycles. The zero-order valence-corrected chi connectivity index (χ0v) is 7.36. The SMILES string of the molecule is Cc1cc[c]c(-c2cccnc2)n1. The van der Waals surface area contributed by atoms with Crippen molar-refractivity contribution in [1.82, 2.24) is 9.97 Å². The largest absolute Gasteiger partial charge is 0.264 e. The molecule has 2 aromatic heterocycles. The first kappa shape index (κ1) is 7.92. The molecule has 0 aromatic carbocycles. The van der Waals surface area contributed by atoms with Crippen LogP contribution in [0.25, 0.3) is 11.3 Å². The molecule has 2 aromatic rings. The van der Waals surface area contributed by atoms with E-state index in [1.54, 1.807) is 12.4 Å². The number of aromatic nitrogens is 2. The normalized spacial score (nSPS) is 9.92. The third kappa shape index (κ3) is 1.72. The van der Waals surface area contributed by atoms with E-state index < -0.39 is 0 Å². The molecule has 0 aliphatic carbocycles. The van der Waals surface area contributed by atoms with Crippen LogP contribution in [0.4, 0.5) is 0 Å². The molecule has 0 spiro atoms. The molecule has 0 N–H and O–H groups in total. The molecule has 13 heavy (non-hydrogen) atoms. The van der Waals surface area contributed by atoms with Gasteiger partial charge in [-0.15, -0.1) is 0 Å². The Hall–Kier alpha value is -1.70. The van der Waals surface area contributed by atoms with Gasteiger partial charge in [0.1, 0.15) is 0 Å². The molecule has 2 heteroatoms. The van der Waals surface area contributed by atoms with Crippen molar-refractivity contribution in [3.05, 3.63) is 48.4 Å². The highest BCUT2D eigenvalue weighted by molar-refractivity contribution is 5.56. The van der Waals surface area contributed by atoms with Crippen molar-refractivity contribution in [3.63, 3.8) is 0 Å². The van der Waals surface area contributed by atoms with E-state index in [-0.39, 0.29) is 0 Å². The van der Waals surface area contributed by atoms with Crippen molar-refractivity contribution < 1.29 is 0 Å². The number of nitrogens with zero attached hydrogens (tertiary/aromatic N) is 2. The molecule has 1 radical (unpaired) electrons. The van der Waals surface area contributed by atoms with E-state index in [1.807, 2.05) is 31.2 Å². The summed E-state index contributed by atoms with van der Waals surface area (Å²) in [5.41, 5.74) is 2.86. The van der Waals surface area contributed by atoms with Gasteiger partial charge in [-0.3, -0.25) is 9.97 Å².